The van der Waals surface area contributed by atoms with E-state index in [2.05, 4.69) is 24.9 Å². The minimum atomic E-state index is -4.83. The second kappa shape index (κ2) is 9.75. The number of halogens is 6. The molecule has 1 amide bonds. The van der Waals surface area contributed by atoms with Gasteiger partial charge in [0.05, 0.1) is 37.9 Å². The summed E-state index contributed by atoms with van der Waals surface area (Å²) in [5.74, 6) is -1.93. The lowest BCUT2D eigenvalue weighted by Crippen LogP contribution is -2.49. The van der Waals surface area contributed by atoms with Crippen LogP contribution in [0.1, 0.15) is 18.0 Å². The fourth-order valence-corrected chi connectivity index (χ4v) is 3.59. The lowest BCUT2D eigenvalue weighted by atomic mass is 10.2. The average molecular weight is 524 g/mol. The van der Waals surface area contributed by atoms with Crippen LogP contribution >= 0.6 is 0 Å². The molecule has 0 bridgehead atoms. The lowest BCUT2D eigenvalue weighted by Gasteiger charge is -2.33. The number of piperazine rings is 1. The van der Waals surface area contributed by atoms with Crippen molar-refractivity contribution >= 4 is 22.8 Å². The molecule has 0 unspecified atom stereocenters. The van der Waals surface area contributed by atoms with E-state index in [9.17, 15) is 35.9 Å². The van der Waals surface area contributed by atoms with Gasteiger partial charge in [0.25, 0.3) is 11.5 Å². The van der Waals surface area contributed by atoms with Crippen molar-refractivity contribution in [1.82, 2.24) is 35.0 Å². The molecule has 36 heavy (non-hydrogen) atoms. The number of alkyl halides is 6. The van der Waals surface area contributed by atoms with Gasteiger partial charge >= 0.3 is 18.2 Å². The summed E-state index contributed by atoms with van der Waals surface area (Å²) in [7, 11) is 0. The molecular formula is C18H18F6N8O4. The van der Waals surface area contributed by atoms with E-state index in [0.717, 1.165) is 10.9 Å². The van der Waals surface area contributed by atoms with E-state index in [1.54, 1.807) is 0 Å². The molecule has 0 aliphatic carbocycles. The number of carbonyl (C=O) groups excluding carboxylic acids is 1. The van der Waals surface area contributed by atoms with Crippen LogP contribution in [0.15, 0.2) is 15.5 Å². The predicted octanol–water partition coefficient (Wildman–Crippen LogP) is 1.30. The van der Waals surface area contributed by atoms with Gasteiger partial charge in [-0.1, -0.05) is 0 Å². The molecule has 1 fully saturated rings. The highest BCUT2D eigenvalue weighted by atomic mass is 19.4. The molecule has 4 rings (SSSR count). The largest absolute Gasteiger partial charge is 0.471 e. The first-order chi connectivity index (χ1) is 16.9. The first kappa shape index (κ1) is 25.4. The number of H-pyrrole nitrogens is 1. The van der Waals surface area contributed by atoms with Crippen molar-refractivity contribution in [2.24, 2.45) is 0 Å². The molecule has 0 saturated carbocycles. The number of hydrogen-bond acceptors (Lipinski definition) is 9. The normalized spacial score (nSPS) is 15.2. The van der Waals surface area contributed by atoms with Crippen molar-refractivity contribution < 1.29 is 40.4 Å². The second-order valence-electron chi connectivity index (χ2n) is 7.66. The van der Waals surface area contributed by atoms with Crippen LogP contribution in [-0.2, 0) is 28.4 Å². The van der Waals surface area contributed by atoms with Crippen LogP contribution in [0.5, 0.6) is 0 Å². The molecule has 3 aromatic rings. The zero-order valence-corrected chi connectivity index (χ0v) is 18.3. The van der Waals surface area contributed by atoms with Crippen LogP contribution in [0.4, 0.5) is 32.3 Å². The van der Waals surface area contributed by atoms with Gasteiger partial charge in [0.1, 0.15) is 5.39 Å². The molecule has 4 heterocycles. The van der Waals surface area contributed by atoms with Crippen molar-refractivity contribution in [1.29, 1.82) is 0 Å². The Morgan fingerprint density at radius 1 is 1.08 bits per heavy atom. The van der Waals surface area contributed by atoms with Crippen LogP contribution in [0.2, 0.25) is 0 Å². The van der Waals surface area contributed by atoms with E-state index >= 15 is 0 Å². The maximum Gasteiger partial charge on any atom is 0.471 e. The molecule has 1 aliphatic rings. The topological polar surface area (TPSA) is 135 Å². The molecule has 18 heteroatoms. The van der Waals surface area contributed by atoms with Gasteiger partial charge in [-0.3, -0.25) is 14.3 Å². The molecule has 1 N–H and O–H groups in total. The maximum absolute atomic E-state index is 13.2. The number of nitrogens with one attached hydrogen (secondary N) is 1. The Hall–Kier alpha value is -3.70. The molecule has 0 atom stereocenters. The van der Waals surface area contributed by atoms with E-state index in [4.69, 9.17) is 4.74 Å². The number of amides is 1. The predicted molar refractivity (Wildman–Crippen MR) is 107 cm³/mol. The van der Waals surface area contributed by atoms with Gasteiger partial charge in [-0.2, -0.15) is 41.5 Å². The summed E-state index contributed by atoms with van der Waals surface area (Å²) in [4.78, 5) is 30.5. The van der Waals surface area contributed by atoms with Crippen LogP contribution in [0.3, 0.4) is 0 Å². The molecule has 0 aromatic carbocycles. The van der Waals surface area contributed by atoms with E-state index < -0.39 is 34.9 Å². The third-order valence-corrected chi connectivity index (χ3v) is 5.32. The number of ether oxygens (including phenoxy) is 1. The quantitative estimate of drug-likeness (QED) is 0.358. The Bertz CT molecular complexity index is 1280. The number of anilines is 1. The molecular weight excluding hydrogens is 506 g/mol. The molecule has 0 spiro atoms. The molecule has 12 nitrogen and oxygen atoms in total. The fourth-order valence-electron chi connectivity index (χ4n) is 3.59. The summed E-state index contributed by atoms with van der Waals surface area (Å²) in [5.41, 5.74) is -2.45. The smallest absolute Gasteiger partial charge is 0.379 e. The summed E-state index contributed by atoms with van der Waals surface area (Å²) in [6.45, 7) is 0.611. The Balaban J connectivity index is 1.23. The highest BCUT2D eigenvalue weighted by Gasteiger charge is 2.40. The number of fused-ring (bicyclic) bond motifs is 1. The number of hydrogen-bond donors (Lipinski definition) is 1. The summed E-state index contributed by atoms with van der Waals surface area (Å²) in [6.07, 6.45) is -8.54. The van der Waals surface area contributed by atoms with Gasteiger partial charge in [-0.15, -0.1) is 0 Å². The second-order valence-corrected chi connectivity index (χ2v) is 7.66. The van der Waals surface area contributed by atoms with Crippen LogP contribution in [0, 0.1) is 0 Å². The number of aromatic amines is 1. The van der Waals surface area contributed by atoms with Crippen molar-refractivity contribution in [3.05, 3.63) is 28.1 Å². The molecule has 0 radical (unpaired) electrons. The van der Waals surface area contributed by atoms with Crippen LogP contribution < -0.4 is 10.5 Å². The Morgan fingerprint density at radius 2 is 1.81 bits per heavy atom. The fraction of sp³-hybridized carbons (Fsp3) is 0.556. The standard InChI is InChI=1S/C18H18F6N8O4/c19-17(20,21)13-12-10(9-25-27-14(12)34)32(28-13)6-8-35-7-1-11(33)30-2-4-31(5-3-30)16-26-15(36-29-16)18(22,23)24/h9H,1-8H2,(H,27,34). The third kappa shape index (κ3) is 5.42. The average Bonchev–Trinajstić information content (AvgIpc) is 3.45. The maximum atomic E-state index is 13.2. The molecule has 3 aromatic heterocycles. The minimum Gasteiger partial charge on any atom is -0.379 e. The van der Waals surface area contributed by atoms with Crippen LogP contribution in [0.25, 0.3) is 10.9 Å². The minimum absolute atomic E-state index is 0.0185. The van der Waals surface area contributed by atoms with E-state index in [-0.39, 0.29) is 69.7 Å². The summed E-state index contributed by atoms with van der Waals surface area (Å²) in [5, 5.41) is 11.6. The third-order valence-electron chi connectivity index (χ3n) is 5.32. The number of rotatable bonds is 7. The molecule has 1 saturated heterocycles. The van der Waals surface area contributed by atoms with Gasteiger partial charge in [-0.05, 0) is 5.16 Å². The number of aromatic nitrogens is 6. The van der Waals surface area contributed by atoms with Crippen LogP contribution in [-0.4, -0.2) is 80.3 Å². The summed E-state index contributed by atoms with van der Waals surface area (Å²) in [6, 6.07) is 0. The monoisotopic (exact) mass is 524 g/mol. The molecule has 196 valence electrons. The highest BCUT2D eigenvalue weighted by Crippen LogP contribution is 2.32. The number of nitrogens with zero attached hydrogens (tertiary/aromatic N) is 7. The van der Waals surface area contributed by atoms with Crippen molar-refractivity contribution in [2.45, 2.75) is 25.3 Å². The van der Waals surface area contributed by atoms with Crippen molar-refractivity contribution in [3.63, 3.8) is 0 Å². The summed E-state index contributed by atoms with van der Waals surface area (Å²) < 4.78 is 87.9. The Kier molecular flexibility index (Phi) is 6.87. The van der Waals surface area contributed by atoms with Gasteiger partial charge in [0.2, 0.25) is 5.91 Å². The number of carbonyl (C=O) groups is 1. The van der Waals surface area contributed by atoms with Gasteiger partial charge < -0.3 is 19.1 Å². The van der Waals surface area contributed by atoms with Gasteiger partial charge in [0.15, 0.2) is 5.69 Å². The summed E-state index contributed by atoms with van der Waals surface area (Å²) >= 11 is 0. The van der Waals surface area contributed by atoms with E-state index in [0.29, 0.717) is 0 Å². The van der Waals surface area contributed by atoms with Crippen molar-refractivity contribution in [2.75, 3.05) is 44.3 Å². The van der Waals surface area contributed by atoms with Crippen molar-refractivity contribution in [3.8, 4) is 0 Å². The van der Waals surface area contributed by atoms with Gasteiger partial charge in [-0.25, -0.2) is 5.10 Å². The Morgan fingerprint density at radius 3 is 2.44 bits per heavy atom. The molecule has 1 aliphatic heterocycles. The highest BCUT2D eigenvalue weighted by molar-refractivity contribution is 5.80. The zero-order chi connectivity index (χ0) is 26.1. The van der Waals surface area contributed by atoms with E-state index in [1.165, 1.54) is 9.80 Å². The zero-order valence-electron chi connectivity index (χ0n) is 18.3. The SMILES string of the molecule is O=C(CCOCCn1nc(C(F)(F)F)c2c(=O)[nH]ncc21)N1CCN(c2noc(C(F)(F)F)n2)CC1. The lowest BCUT2D eigenvalue weighted by molar-refractivity contribution is -0.159. The first-order valence-electron chi connectivity index (χ1n) is 10.5. The van der Waals surface area contributed by atoms with E-state index in [1.807, 2.05) is 5.10 Å². The first-order valence-corrected chi connectivity index (χ1v) is 10.5. The Labute approximate surface area is 196 Å². The van der Waals surface area contributed by atoms with Gasteiger partial charge in [0, 0.05) is 26.2 Å².